The molecule has 0 radical (unpaired) electrons. The molecule has 0 bridgehead atoms. The van der Waals surface area contributed by atoms with Gasteiger partial charge in [0.05, 0.1) is 16.5 Å². The third kappa shape index (κ3) is 4.59. The molecule has 160 valence electrons. The highest BCUT2D eigenvalue weighted by atomic mass is 35.5. The molecule has 0 N–H and O–H groups in total. The minimum Gasteiger partial charge on any atom is -0.423 e. The Morgan fingerprint density at radius 2 is 1.69 bits per heavy atom. The topological polar surface area (TPSA) is 80.8 Å². The summed E-state index contributed by atoms with van der Waals surface area (Å²) in [4.78, 5) is 50.7. The molecule has 4 rings (SSSR count). The monoisotopic (exact) mass is 465 g/mol. The number of imide groups is 1. The van der Waals surface area contributed by atoms with Crippen molar-refractivity contribution >= 4 is 53.1 Å². The van der Waals surface area contributed by atoms with Crippen LogP contribution in [0.3, 0.4) is 0 Å². The van der Waals surface area contributed by atoms with Crippen LogP contribution >= 0.6 is 23.4 Å². The van der Waals surface area contributed by atoms with Crippen LogP contribution in [-0.2, 0) is 9.59 Å². The molecule has 1 unspecified atom stereocenters. The molecule has 1 fully saturated rings. The van der Waals surface area contributed by atoms with E-state index in [-0.39, 0.29) is 23.8 Å². The predicted molar refractivity (Wildman–Crippen MR) is 121 cm³/mol. The van der Waals surface area contributed by atoms with Gasteiger partial charge in [-0.15, -0.1) is 11.8 Å². The lowest BCUT2D eigenvalue weighted by molar-refractivity contribution is -0.121. The third-order valence-electron chi connectivity index (χ3n) is 4.79. The number of carbonyl (C=O) groups is 4. The van der Waals surface area contributed by atoms with Crippen molar-refractivity contribution in [3.63, 3.8) is 0 Å². The molecule has 1 aliphatic rings. The van der Waals surface area contributed by atoms with Crippen molar-refractivity contribution in [2.75, 3.05) is 4.90 Å². The molecule has 1 heterocycles. The Morgan fingerprint density at radius 3 is 2.38 bits per heavy atom. The molecular formula is C24H16ClNO5S. The Morgan fingerprint density at radius 1 is 1.00 bits per heavy atom. The van der Waals surface area contributed by atoms with Gasteiger partial charge in [0.2, 0.25) is 11.8 Å². The van der Waals surface area contributed by atoms with Crippen molar-refractivity contribution in [2.24, 2.45) is 0 Å². The summed E-state index contributed by atoms with van der Waals surface area (Å²) >= 11 is 7.05. The third-order valence-corrected chi connectivity index (χ3v) is 6.31. The number of halogens is 1. The molecule has 0 spiro atoms. The zero-order chi connectivity index (χ0) is 22.7. The predicted octanol–water partition coefficient (Wildman–Crippen LogP) is 4.80. The second-order valence-corrected chi connectivity index (χ2v) is 8.61. The molecule has 1 saturated heterocycles. The standard InChI is InChI=1S/C24H16ClNO5S/c25-16-7-9-17(10-8-16)26-22(28)13-21(23(26)29)32-20-4-2-1-3-19(20)24(30)31-18-11-5-15(14-27)6-12-18/h1-12,14,21H,13H2. The first-order valence-electron chi connectivity index (χ1n) is 9.62. The Bertz CT molecular complexity index is 1190. The molecule has 1 atom stereocenters. The van der Waals surface area contributed by atoms with E-state index >= 15 is 0 Å². The fraction of sp³-hybridized carbons (Fsp3) is 0.0833. The van der Waals surface area contributed by atoms with Gasteiger partial charge in [-0.2, -0.15) is 0 Å². The van der Waals surface area contributed by atoms with Gasteiger partial charge in [0.1, 0.15) is 12.0 Å². The number of benzene rings is 3. The average Bonchev–Trinajstić information content (AvgIpc) is 3.08. The molecule has 3 aromatic rings. The largest absolute Gasteiger partial charge is 0.423 e. The molecule has 1 aliphatic heterocycles. The van der Waals surface area contributed by atoms with Crippen LogP contribution < -0.4 is 9.64 Å². The number of hydrogen-bond acceptors (Lipinski definition) is 6. The van der Waals surface area contributed by atoms with Crippen LogP contribution in [0.2, 0.25) is 5.02 Å². The van der Waals surface area contributed by atoms with Crippen LogP contribution in [-0.4, -0.2) is 29.3 Å². The van der Waals surface area contributed by atoms with E-state index in [9.17, 15) is 19.2 Å². The number of nitrogens with zero attached hydrogens (tertiary/aromatic N) is 1. The van der Waals surface area contributed by atoms with Gasteiger partial charge in [0.15, 0.2) is 0 Å². The minimum atomic E-state index is -0.668. The van der Waals surface area contributed by atoms with Gasteiger partial charge in [0.25, 0.3) is 0 Å². The SMILES string of the molecule is O=Cc1ccc(OC(=O)c2ccccc2SC2CC(=O)N(c3ccc(Cl)cc3)C2=O)cc1. The second-order valence-electron chi connectivity index (χ2n) is 6.93. The van der Waals surface area contributed by atoms with Crippen molar-refractivity contribution in [3.05, 3.63) is 88.9 Å². The normalized spacial score (nSPS) is 15.7. The van der Waals surface area contributed by atoms with E-state index in [0.29, 0.717) is 33.2 Å². The fourth-order valence-corrected chi connectivity index (χ4v) is 4.53. The summed E-state index contributed by atoms with van der Waals surface area (Å²) in [7, 11) is 0. The number of hydrogen-bond donors (Lipinski definition) is 0. The Labute approximate surface area is 193 Å². The van der Waals surface area contributed by atoms with Crippen LogP contribution in [0, 0.1) is 0 Å². The van der Waals surface area contributed by atoms with E-state index in [4.69, 9.17) is 16.3 Å². The number of amides is 2. The van der Waals surface area contributed by atoms with Gasteiger partial charge in [0, 0.05) is 21.9 Å². The summed E-state index contributed by atoms with van der Waals surface area (Å²) in [5.74, 6) is -0.972. The summed E-state index contributed by atoms with van der Waals surface area (Å²) in [5, 5.41) is -0.161. The van der Waals surface area contributed by atoms with Gasteiger partial charge in [-0.05, 0) is 60.7 Å². The Kier molecular flexibility index (Phi) is 6.39. The van der Waals surface area contributed by atoms with Crippen LogP contribution in [0.1, 0.15) is 27.1 Å². The van der Waals surface area contributed by atoms with Gasteiger partial charge < -0.3 is 4.74 Å². The summed E-state index contributed by atoms with van der Waals surface area (Å²) in [6, 6.07) is 19.4. The van der Waals surface area contributed by atoms with Crippen LogP contribution in [0.15, 0.2) is 77.7 Å². The van der Waals surface area contributed by atoms with Crippen molar-refractivity contribution in [3.8, 4) is 5.75 Å². The lowest BCUT2D eigenvalue weighted by Crippen LogP contribution is -2.31. The average molecular weight is 466 g/mol. The smallest absolute Gasteiger partial charge is 0.344 e. The number of aldehydes is 1. The number of carbonyl (C=O) groups excluding carboxylic acids is 4. The van der Waals surface area contributed by atoms with E-state index in [1.54, 1.807) is 60.7 Å². The van der Waals surface area contributed by atoms with Crippen LogP contribution in [0.25, 0.3) is 0 Å². The van der Waals surface area contributed by atoms with Crippen molar-refractivity contribution < 1.29 is 23.9 Å². The van der Waals surface area contributed by atoms with Crippen molar-refractivity contribution in [2.45, 2.75) is 16.6 Å². The lowest BCUT2D eigenvalue weighted by atomic mass is 10.2. The minimum absolute atomic E-state index is 0.0165. The molecule has 0 aromatic heterocycles. The first kappa shape index (κ1) is 21.8. The number of anilines is 1. The van der Waals surface area contributed by atoms with Gasteiger partial charge in [-0.3, -0.25) is 14.4 Å². The quantitative estimate of drug-likeness (QED) is 0.225. The van der Waals surface area contributed by atoms with Crippen LogP contribution in [0.5, 0.6) is 5.75 Å². The number of esters is 1. The first-order valence-corrected chi connectivity index (χ1v) is 10.9. The molecular weight excluding hydrogens is 450 g/mol. The maximum atomic E-state index is 12.9. The van der Waals surface area contributed by atoms with E-state index in [1.165, 1.54) is 12.1 Å². The van der Waals surface area contributed by atoms with Crippen LogP contribution in [0.4, 0.5) is 5.69 Å². The highest BCUT2D eigenvalue weighted by Gasteiger charge is 2.40. The maximum absolute atomic E-state index is 12.9. The van der Waals surface area contributed by atoms with E-state index in [1.807, 2.05) is 0 Å². The molecule has 6 nitrogen and oxygen atoms in total. The summed E-state index contributed by atoms with van der Waals surface area (Å²) in [6.07, 6.45) is 0.716. The number of rotatable bonds is 6. The van der Waals surface area contributed by atoms with Crippen molar-refractivity contribution in [1.29, 1.82) is 0 Å². The lowest BCUT2D eigenvalue weighted by Gasteiger charge is -2.15. The molecule has 0 saturated carbocycles. The maximum Gasteiger partial charge on any atom is 0.344 e. The van der Waals surface area contributed by atoms with E-state index in [2.05, 4.69) is 0 Å². The molecule has 2 amide bonds. The first-order chi connectivity index (χ1) is 15.5. The van der Waals surface area contributed by atoms with Gasteiger partial charge in [-0.1, -0.05) is 23.7 Å². The van der Waals surface area contributed by atoms with E-state index < -0.39 is 11.2 Å². The summed E-state index contributed by atoms with van der Waals surface area (Å²) in [5.41, 5.74) is 1.21. The van der Waals surface area contributed by atoms with Gasteiger partial charge in [-0.25, -0.2) is 9.69 Å². The zero-order valence-corrected chi connectivity index (χ0v) is 18.1. The second kappa shape index (κ2) is 9.38. The highest BCUT2D eigenvalue weighted by molar-refractivity contribution is 8.00. The van der Waals surface area contributed by atoms with E-state index in [0.717, 1.165) is 16.7 Å². The molecule has 0 aliphatic carbocycles. The molecule has 8 heteroatoms. The number of thioether (sulfide) groups is 1. The van der Waals surface area contributed by atoms with Gasteiger partial charge >= 0.3 is 5.97 Å². The summed E-state index contributed by atoms with van der Waals surface area (Å²) in [6.45, 7) is 0. The number of ether oxygens (including phenoxy) is 1. The highest BCUT2D eigenvalue weighted by Crippen LogP contribution is 2.36. The summed E-state index contributed by atoms with van der Waals surface area (Å²) < 4.78 is 5.41. The fourth-order valence-electron chi connectivity index (χ4n) is 3.23. The Balaban J connectivity index is 1.52. The molecule has 3 aromatic carbocycles. The Hall–Kier alpha value is -3.42. The van der Waals surface area contributed by atoms with Crippen molar-refractivity contribution in [1.82, 2.24) is 0 Å². The molecule has 32 heavy (non-hydrogen) atoms. The zero-order valence-electron chi connectivity index (χ0n) is 16.6.